The molecule has 164 valence electrons. The highest BCUT2D eigenvalue weighted by Gasteiger charge is 2.16. The van der Waals surface area contributed by atoms with Crippen molar-refractivity contribution in [2.75, 3.05) is 38.2 Å². The minimum atomic E-state index is -0.184. The van der Waals surface area contributed by atoms with E-state index >= 15 is 0 Å². The molecular weight excluding hydrogens is 404 g/mol. The third-order valence-electron chi connectivity index (χ3n) is 5.91. The molecule has 4 aromatic rings. The number of amides is 1. The van der Waals surface area contributed by atoms with Crippen LogP contribution in [0.1, 0.15) is 16.1 Å². The number of aromatic nitrogens is 4. The van der Waals surface area contributed by atoms with Gasteiger partial charge in [-0.05, 0) is 43.3 Å². The largest absolute Gasteiger partial charge is 0.379 e. The van der Waals surface area contributed by atoms with Gasteiger partial charge >= 0.3 is 0 Å². The molecule has 1 aliphatic rings. The number of morpholine rings is 1. The van der Waals surface area contributed by atoms with Gasteiger partial charge in [0, 0.05) is 55.2 Å². The molecule has 1 aliphatic heterocycles. The quantitative estimate of drug-likeness (QED) is 0.509. The maximum Gasteiger partial charge on any atom is 0.259 e. The van der Waals surface area contributed by atoms with Crippen LogP contribution >= 0.6 is 0 Å². The van der Waals surface area contributed by atoms with Gasteiger partial charge in [0.1, 0.15) is 0 Å². The molecule has 0 atom stereocenters. The predicted octanol–water partition coefficient (Wildman–Crippen LogP) is 3.11. The number of pyridine rings is 1. The topological polar surface area (TPSA) is 77.2 Å². The molecule has 0 saturated carbocycles. The number of rotatable bonds is 6. The van der Waals surface area contributed by atoms with E-state index in [0.717, 1.165) is 61.7 Å². The third kappa shape index (κ3) is 4.15. The lowest BCUT2D eigenvalue weighted by Crippen LogP contribution is -2.38. The van der Waals surface area contributed by atoms with Gasteiger partial charge in [0.2, 0.25) is 0 Å². The van der Waals surface area contributed by atoms with Crippen LogP contribution in [0.15, 0.2) is 61.1 Å². The number of hydrogen-bond acceptors (Lipinski definition) is 5. The number of carbonyl (C=O) groups excluding carboxylic acids is 1. The number of fused-ring (bicyclic) bond motifs is 1. The van der Waals surface area contributed by atoms with Crippen molar-refractivity contribution in [3.05, 3.63) is 72.3 Å². The SMILES string of the molecule is Cc1c(C(=O)Nc2ccc3c(ccn3CCN3CCOCC3)c2)cnn1-c1ccccn1. The lowest BCUT2D eigenvalue weighted by Gasteiger charge is -2.26. The first-order valence-electron chi connectivity index (χ1n) is 10.9. The number of ether oxygens (including phenoxy) is 1. The number of hydrogen-bond donors (Lipinski definition) is 1. The second-order valence-electron chi connectivity index (χ2n) is 7.93. The van der Waals surface area contributed by atoms with Crippen LogP contribution in [0.25, 0.3) is 16.7 Å². The normalized spacial score (nSPS) is 14.7. The molecule has 0 unspecified atom stereocenters. The lowest BCUT2D eigenvalue weighted by molar-refractivity contribution is 0.0365. The summed E-state index contributed by atoms with van der Waals surface area (Å²) in [6, 6.07) is 13.7. The van der Waals surface area contributed by atoms with Crippen molar-refractivity contribution in [3.63, 3.8) is 0 Å². The van der Waals surface area contributed by atoms with Crippen molar-refractivity contribution in [1.82, 2.24) is 24.2 Å². The summed E-state index contributed by atoms with van der Waals surface area (Å²) >= 11 is 0. The van der Waals surface area contributed by atoms with Crippen molar-refractivity contribution in [2.24, 2.45) is 0 Å². The van der Waals surface area contributed by atoms with E-state index in [9.17, 15) is 4.79 Å². The van der Waals surface area contributed by atoms with Gasteiger partial charge in [-0.3, -0.25) is 9.69 Å². The molecule has 0 bridgehead atoms. The molecule has 1 N–H and O–H groups in total. The molecule has 4 heterocycles. The van der Waals surface area contributed by atoms with Crippen molar-refractivity contribution in [1.29, 1.82) is 0 Å². The summed E-state index contributed by atoms with van der Waals surface area (Å²) in [4.78, 5) is 19.6. The molecule has 1 amide bonds. The molecule has 1 fully saturated rings. The molecule has 3 aromatic heterocycles. The summed E-state index contributed by atoms with van der Waals surface area (Å²) in [6.45, 7) is 7.42. The van der Waals surface area contributed by atoms with Gasteiger partial charge < -0.3 is 14.6 Å². The Balaban J connectivity index is 1.28. The number of nitrogens with one attached hydrogen (secondary N) is 1. The van der Waals surface area contributed by atoms with Gasteiger partial charge in [0.15, 0.2) is 5.82 Å². The van der Waals surface area contributed by atoms with Crippen molar-refractivity contribution in [2.45, 2.75) is 13.5 Å². The minimum absolute atomic E-state index is 0.184. The van der Waals surface area contributed by atoms with Gasteiger partial charge in [-0.15, -0.1) is 0 Å². The second-order valence-corrected chi connectivity index (χ2v) is 7.93. The van der Waals surface area contributed by atoms with Crippen molar-refractivity contribution < 1.29 is 9.53 Å². The molecule has 1 aromatic carbocycles. The summed E-state index contributed by atoms with van der Waals surface area (Å²) in [5, 5.41) is 8.45. The van der Waals surface area contributed by atoms with E-state index in [0.29, 0.717) is 11.4 Å². The van der Waals surface area contributed by atoms with E-state index in [-0.39, 0.29) is 5.91 Å². The highest BCUT2D eigenvalue weighted by Crippen LogP contribution is 2.22. The Morgan fingerprint density at radius 2 is 2.00 bits per heavy atom. The molecule has 0 radical (unpaired) electrons. The Bertz CT molecular complexity index is 1220. The summed E-state index contributed by atoms with van der Waals surface area (Å²) in [5.41, 5.74) is 3.20. The van der Waals surface area contributed by atoms with Gasteiger partial charge in [0.05, 0.1) is 30.7 Å². The van der Waals surface area contributed by atoms with Gasteiger partial charge in [-0.1, -0.05) is 6.07 Å². The molecule has 32 heavy (non-hydrogen) atoms. The monoisotopic (exact) mass is 430 g/mol. The number of nitrogens with zero attached hydrogens (tertiary/aromatic N) is 5. The standard InChI is InChI=1S/C24H26N6O2/c1-18-21(17-26-30(18)23-4-2-3-8-25-23)24(31)27-20-5-6-22-19(16-20)7-9-29(22)11-10-28-12-14-32-15-13-28/h2-9,16-17H,10-15H2,1H3,(H,27,31). The summed E-state index contributed by atoms with van der Waals surface area (Å²) in [7, 11) is 0. The van der Waals surface area contributed by atoms with Crippen LogP contribution in [-0.2, 0) is 11.3 Å². The minimum Gasteiger partial charge on any atom is -0.379 e. The van der Waals surface area contributed by atoms with Crippen LogP contribution < -0.4 is 5.32 Å². The first kappa shape index (κ1) is 20.4. The van der Waals surface area contributed by atoms with Crippen LogP contribution in [-0.4, -0.2) is 63.0 Å². The van der Waals surface area contributed by atoms with E-state index in [2.05, 4.69) is 43.2 Å². The van der Waals surface area contributed by atoms with Crippen LogP contribution in [0.4, 0.5) is 5.69 Å². The first-order chi connectivity index (χ1) is 15.7. The Morgan fingerprint density at radius 1 is 1.12 bits per heavy atom. The molecule has 8 heteroatoms. The molecule has 0 spiro atoms. The molecule has 0 aliphatic carbocycles. The van der Waals surface area contributed by atoms with Gasteiger partial charge in [0.25, 0.3) is 5.91 Å². The van der Waals surface area contributed by atoms with Crippen LogP contribution in [0.5, 0.6) is 0 Å². The van der Waals surface area contributed by atoms with Crippen molar-refractivity contribution in [3.8, 4) is 5.82 Å². The van der Waals surface area contributed by atoms with E-state index in [1.807, 2.05) is 37.3 Å². The van der Waals surface area contributed by atoms with Crippen molar-refractivity contribution >= 4 is 22.5 Å². The Morgan fingerprint density at radius 3 is 2.81 bits per heavy atom. The Labute approximate surface area is 186 Å². The fourth-order valence-electron chi connectivity index (χ4n) is 4.09. The molecule has 8 nitrogen and oxygen atoms in total. The zero-order valence-electron chi connectivity index (χ0n) is 18.1. The molecule has 5 rings (SSSR count). The van der Waals surface area contributed by atoms with E-state index in [1.165, 1.54) is 0 Å². The van der Waals surface area contributed by atoms with E-state index in [1.54, 1.807) is 17.1 Å². The smallest absolute Gasteiger partial charge is 0.259 e. The third-order valence-corrected chi connectivity index (χ3v) is 5.91. The van der Waals surface area contributed by atoms with Crippen LogP contribution in [0.2, 0.25) is 0 Å². The summed E-state index contributed by atoms with van der Waals surface area (Å²) < 4.78 is 9.36. The number of benzene rings is 1. The average molecular weight is 431 g/mol. The maximum absolute atomic E-state index is 12.9. The second kappa shape index (κ2) is 8.94. The summed E-state index contributed by atoms with van der Waals surface area (Å²) in [5.74, 6) is 0.500. The number of anilines is 1. The van der Waals surface area contributed by atoms with Crippen LogP contribution in [0.3, 0.4) is 0 Å². The van der Waals surface area contributed by atoms with Crippen LogP contribution in [0, 0.1) is 6.92 Å². The summed E-state index contributed by atoms with van der Waals surface area (Å²) in [6.07, 6.45) is 5.40. The Kier molecular flexibility index (Phi) is 5.70. The molecule has 1 saturated heterocycles. The van der Waals surface area contributed by atoms with Gasteiger partial charge in [-0.25, -0.2) is 9.67 Å². The average Bonchev–Trinajstić information content (AvgIpc) is 3.42. The Hall–Kier alpha value is -3.49. The predicted molar refractivity (Wildman–Crippen MR) is 123 cm³/mol. The zero-order chi connectivity index (χ0) is 21.9. The zero-order valence-corrected chi connectivity index (χ0v) is 18.1. The van der Waals surface area contributed by atoms with E-state index < -0.39 is 0 Å². The highest BCUT2D eigenvalue weighted by molar-refractivity contribution is 6.05. The van der Waals surface area contributed by atoms with E-state index in [4.69, 9.17) is 4.74 Å². The fraction of sp³-hybridized carbons (Fsp3) is 0.292. The molecular formula is C24H26N6O2. The fourth-order valence-corrected chi connectivity index (χ4v) is 4.09. The van der Waals surface area contributed by atoms with Gasteiger partial charge in [-0.2, -0.15) is 5.10 Å². The first-order valence-corrected chi connectivity index (χ1v) is 10.9. The highest BCUT2D eigenvalue weighted by atomic mass is 16.5. The lowest BCUT2D eigenvalue weighted by atomic mass is 10.2. The number of carbonyl (C=O) groups is 1. The maximum atomic E-state index is 12.9.